The topological polar surface area (TPSA) is 76.0 Å². The maximum atomic E-state index is 14.0. The molecule has 0 aliphatic rings. The number of carboxylic acid groups (broad SMARTS) is 1. The van der Waals surface area contributed by atoms with E-state index in [0.29, 0.717) is 10.9 Å². The molecule has 0 fully saturated rings. The molecule has 23 heavy (non-hydrogen) atoms. The number of Topliss-reactive ketones (excluding diaryl/α,β-unsaturated/α-hetero) is 1. The van der Waals surface area contributed by atoms with Crippen molar-refractivity contribution in [2.45, 2.75) is 32.6 Å². The van der Waals surface area contributed by atoms with Gasteiger partial charge in [0.25, 0.3) is 0 Å². The van der Waals surface area contributed by atoms with Crippen LogP contribution in [0.5, 0.6) is 0 Å². The van der Waals surface area contributed by atoms with Gasteiger partial charge in [0.1, 0.15) is 18.7 Å². The number of halogens is 2. The third-order valence-electron chi connectivity index (χ3n) is 3.34. The van der Waals surface area contributed by atoms with Crippen molar-refractivity contribution in [1.29, 1.82) is 0 Å². The fourth-order valence-corrected chi connectivity index (χ4v) is 2.48. The van der Waals surface area contributed by atoms with Crippen molar-refractivity contribution in [3.63, 3.8) is 0 Å². The van der Waals surface area contributed by atoms with Gasteiger partial charge in [-0.1, -0.05) is 40.5 Å². The smallest absolute Gasteiger partial charge is 0.354 e. The molecule has 0 spiro atoms. The molecule has 0 radical (unpaired) electrons. The average molecular weight is 388 g/mol. The van der Waals surface area contributed by atoms with Gasteiger partial charge in [-0.05, 0) is 30.5 Å². The molecule has 5 nitrogen and oxygen atoms in total. The summed E-state index contributed by atoms with van der Waals surface area (Å²) in [7, 11) is 1.21. The second-order valence-electron chi connectivity index (χ2n) is 5.03. The Bertz CT molecular complexity index is 604. The van der Waals surface area contributed by atoms with Crippen molar-refractivity contribution in [3.8, 4) is 0 Å². The number of rotatable bonds is 9. The first kappa shape index (κ1) is 19.3. The van der Waals surface area contributed by atoms with E-state index < -0.39 is 23.4 Å². The standard InChI is InChI=1S/C16H19BrFNO4/c1-3-4-5-14(20)12(15(16(21)22)19-23-2)8-10-6-7-11(17)9-13(10)18/h6-7,9,12H,3-5,8H2,1-2H3,(H,21,22)/b19-15-. The molecule has 0 bridgehead atoms. The average Bonchev–Trinajstić information content (AvgIpc) is 2.50. The molecule has 1 rings (SSSR count). The zero-order chi connectivity index (χ0) is 17.4. The number of benzene rings is 1. The Morgan fingerprint density at radius 2 is 2.13 bits per heavy atom. The lowest BCUT2D eigenvalue weighted by molar-refractivity contribution is -0.131. The molecule has 126 valence electrons. The minimum Gasteiger partial charge on any atom is -0.477 e. The van der Waals surface area contributed by atoms with Crippen LogP contribution in [0.3, 0.4) is 0 Å². The molecule has 0 amide bonds. The highest BCUT2D eigenvalue weighted by atomic mass is 79.9. The molecule has 1 unspecified atom stereocenters. The van der Waals surface area contributed by atoms with Crippen LogP contribution in [0.4, 0.5) is 4.39 Å². The van der Waals surface area contributed by atoms with Gasteiger partial charge in [0, 0.05) is 10.9 Å². The van der Waals surface area contributed by atoms with E-state index in [0.717, 1.165) is 6.42 Å². The number of carboxylic acids is 1. The highest BCUT2D eigenvalue weighted by Crippen LogP contribution is 2.21. The summed E-state index contributed by atoms with van der Waals surface area (Å²) in [5.74, 6) is -3.18. The molecule has 0 aliphatic heterocycles. The summed E-state index contributed by atoms with van der Waals surface area (Å²) in [6, 6.07) is 4.43. The van der Waals surface area contributed by atoms with Gasteiger partial charge >= 0.3 is 5.97 Å². The van der Waals surface area contributed by atoms with Crippen molar-refractivity contribution in [2.24, 2.45) is 11.1 Å². The summed E-state index contributed by atoms with van der Waals surface area (Å²) in [4.78, 5) is 28.3. The van der Waals surface area contributed by atoms with Crippen LogP contribution in [-0.2, 0) is 20.8 Å². The van der Waals surface area contributed by atoms with Gasteiger partial charge in [0.05, 0.1) is 5.92 Å². The van der Waals surface area contributed by atoms with Crippen LogP contribution < -0.4 is 0 Å². The third kappa shape index (κ3) is 5.74. The van der Waals surface area contributed by atoms with Crippen LogP contribution in [0.2, 0.25) is 0 Å². The van der Waals surface area contributed by atoms with Crippen molar-refractivity contribution in [1.82, 2.24) is 0 Å². The van der Waals surface area contributed by atoms with Gasteiger partial charge in [-0.15, -0.1) is 0 Å². The Morgan fingerprint density at radius 3 is 2.65 bits per heavy atom. The second-order valence-corrected chi connectivity index (χ2v) is 5.94. The van der Waals surface area contributed by atoms with Gasteiger partial charge in [-0.2, -0.15) is 0 Å². The zero-order valence-corrected chi connectivity index (χ0v) is 14.6. The molecule has 7 heteroatoms. The van der Waals surface area contributed by atoms with Crippen LogP contribution in [0.25, 0.3) is 0 Å². The van der Waals surface area contributed by atoms with Gasteiger partial charge in [-0.25, -0.2) is 9.18 Å². The van der Waals surface area contributed by atoms with Crippen molar-refractivity contribution in [2.75, 3.05) is 7.11 Å². The highest BCUT2D eigenvalue weighted by molar-refractivity contribution is 9.10. The van der Waals surface area contributed by atoms with E-state index in [4.69, 9.17) is 0 Å². The predicted octanol–water partition coefficient (Wildman–Crippen LogP) is 3.59. The van der Waals surface area contributed by atoms with E-state index >= 15 is 0 Å². The molecule has 0 aromatic heterocycles. The van der Waals surface area contributed by atoms with Crippen LogP contribution in [0, 0.1) is 11.7 Å². The molecule has 0 saturated carbocycles. The summed E-state index contributed by atoms with van der Waals surface area (Å²) in [6.07, 6.45) is 1.58. The van der Waals surface area contributed by atoms with E-state index in [-0.39, 0.29) is 24.2 Å². The maximum Gasteiger partial charge on any atom is 0.354 e. The number of unbranched alkanes of at least 4 members (excludes halogenated alkanes) is 1. The van der Waals surface area contributed by atoms with E-state index in [1.54, 1.807) is 6.07 Å². The number of carbonyl (C=O) groups is 2. The number of aliphatic carboxylic acids is 1. The fraction of sp³-hybridized carbons (Fsp3) is 0.438. The van der Waals surface area contributed by atoms with Gasteiger partial charge in [0.15, 0.2) is 5.71 Å². The molecule has 0 aliphatic carbocycles. The first-order valence-electron chi connectivity index (χ1n) is 7.21. The van der Waals surface area contributed by atoms with Crippen LogP contribution in [0.15, 0.2) is 27.8 Å². The minimum absolute atomic E-state index is 0.0733. The highest BCUT2D eigenvalue weighted by Gasteiger charge is 2.30. The molecule has 1 N–H and O–H groups in total. The Balaban J connectivity index is 3.14. The molecule has 0 heterocycles. The van der Waals surface area contributed by atoms with Gasteiger partial charge < -0.3 is 9.94 Å². The summed E-state index contributed by atoms with van der Waals surface area (Å²) in [5, 5.41) is 12.7. The summed E-state index contributed by atoms with van der Waals surface area (Å²) < 4.78 is 14.6. The summed E-state index contributed by atoms with van der Waals surface area (Å²) in [6.45, 7) is 1.93. The van der Waals surface area contributed by atoms with E-state index in [1.807, 2.05) is 6.92 Å². The van der Waals surface area contributed by atoms with Gasteiger partial charge in [-0.3, -0.25) is 4.79 Å². The largest absolute Gasteiger partial charge is 0.477 e. The zero-order valence-electron chi connectivity index (χ0n) is 13.0. The summed E-state index contributed by atoms with van der Waals surface area (Å²) >= 11 is 3.16. The van der Waals surface area contributed by atoms with E-state index in [2.05, 4.69) is 25.9 Å². The quantitative estimate of drug-likeness (QED) is 0.518. The monoisotopic (exact) mass is 387 g/mol. The second kappa shape index (κ2) is 9.39. The molecule has 1 aromatic carbocycles. The number of hydrogen-bond donors (Lipinski definition) is 1. The van der Waals surface area contributed by atoms with Crippen LogP contribution in [0.1, 0.15) is 31.7 Å². The fourth-order valence-electron chi connectivity index (χ4n) is 2.15. The predicted molar refractivity (Wildman–Crippen MR) is 87.9 cm³/mol. The summed E-state index contributed by atoms with van der Waals surface area (Å²) in [5.41, 5.74) is -0.149. The van der Waals surface area contributed by atoms with Crippen LogP contribution >= 0.6 is 15.9 Å². The van der Waals surface area contributed by atoms with Crippen molar-refractivity contribution in [3.05, 3.63) is 34.1 Å². The van der Waals surface area contributed by atoms with E-state index in [1.165, 1.54) is 19.2 Å². The minimum atomic E-state index is -1.35. The third-order valence-corrected chi connectivity index (χ3v) is 3.84. The molecule has 1 aromatic rings. The van der Waals surface area contributed by atoms with Crippen molar-refractivity contribution >= 4 is 33.4 Å². The lowest BCUT2D eigenvalue weighted by atomic mass is 9.88. The maximum absolute atomic E-state index is 14.0. The molecule has 0 saturated heterocycles. The Labute approximate surface area is 142 Å². The number of oxime groups is 1. The Kier molecular flexibility index (Phi) is 7.88. The van der Waals surface area contributed by atoms with Gasteiger partial charge in [0.2, 0.25) is 0 Å². The molecular formula is C16H19BrFNO4. The SMILES string of the molecule is CCCCC(=O)C(Cc1ccc(Br)cc1F)/C(=N/OC)C(=O)O. The number of ketones is 1. The number of hydrogen-bond acceptors (Lipinski definition) is 4. The van der Waals surface area contributed by atoms with Crippen molar-refractivity contribution < 1.29 is 23.9 Å². The first-order chi connectivity index (χ1) is 10.9. The van der Waals surface area contributed by atoms with E-state index in [9.17, 15) is 19.1 Å². The molecule has 1 atom stereocenters. The first-order valence-corrected chi connectivity index (χ1v) is 8.01. The lowest BCUT2D eigenvalue weighted by Crippen LogP contribution is -2.32. The number of nitrogens with zero attached hydrogens (tertiary/aromatic N) is 1. The normalized spacial score (nSPS) is 12.8. The molecular weight excluding hydrogens is 369 g/mol. The lowest BCUT2D eigenvalue weighted by Gasteiger charge is -2.16. The Morgan fingerprint density at radius 1 is 1.43 bits per heavy atom. The van der Waals surface area contributed by atoms with Crippen LogP contribution in [-0.4, -0.2) is 29.7 Å². The number of carbonyl (C=O) groups excluding carboxylic acids is 1. The Hall–Kier alpha value is -1.76.